The molecule has 0 saturated heterocycles. The van der Waals surface area contributed by atoms with Crippen molar-refractivity contribution in [3.63, 3.8) is 0 Å². The average Bonchev–Trinajstić information content (AvgIpc) is 2.58. The molecule has 0 fully saturated rings. The van der Waals surface area contributed by atoms with Crippen molar-refractivity contribution in [3.8, 4) is 0 Å². The second-order valence-corrected chi connectivity index (χ2v) is 5.45. The molecule has 0 aliphatic carbocycles. The van der Waals surface area contributed by atoms with Crippen LogP contribution in [0.15, 0.2) is 29.3 Å². The second kappa shape index (κ2) is 11.2. The molecule has 1 heterocycles. The fourth-order valence-electron chi connectivity index (χ4n) is 2.60. The number of nitrogens with zero attached hydrogens (tertiary/aromatic N) is 2. The van der Waals surface area contributed by atoms with Crippen molar-refractivity contribution in [1.82, 2.24) is 15.5 Å². The number of carbonyl (C=O) groups excluding carboxylic acids is 1. The largest absolute Gasteiger partial charge is 0.383 e. The zero-order valence-corrected chi connectivity index (χ0v) is 16.7. The van der Waals surface area contributed by atoms with E-state index < -0.39 is 0 Å². The van der Waals surface area contributed by atoms with Gasteiger partial charge in [0.25, 0.3) is 0 Å². The van der Waals surface area contributed by atoms with Crippen LogP contribution in [0.2, 0.25) is 0 Å². The Kier molecular flexibility index (Phi) is 9.70. The van der Waals surface area contributed by atoms with Crippen molar-refractivity contribution in [2.24, 2.45) is 4.99 Å². The summed E-state index contributed by atoms with van der Waals surface area (Å²) in [5.41, 5.74) is 2.73. The molecule has 0 unspecified atom stereocenters. The van der Waals surface area contributed by atoms with Crippen molar-refractivity contribution in [3.05, 3.63) is 35.4 Å². The molecule has 0 radical (unpaired) electrons. The molecule has 0 saturated carbocycles. The van der Waals surface area contributed by atoms with Gasteiger partial charge in [0.15, 0.2) is 5.96 Å². The number of methoxy groups -OCH3 is 1. The molecular formula is C17H27IN4O2. The first kappa shape index (κ1) is 20.7. The van der Waals surface area contributed by atoms with E-state index in [0.29, 0.717) is 13.2 Å². The number of carbonyl (C=O) groups is 1. The summed E-state index contributed by atoms with van der Waals surface area (Å²) >= 11 is 0. The SMILES string of the molecule is CCNC(=NCC(=O)NCCOC)N1CCc2ccccc2C1.I. The minimum Gasteiger partial charge on any atom is -0.383 e. The van der Waals surface area contributed by atoms with Gasteiger partial charge in [-0.1, -0.05) is 24.3 Å². The number of ether oxygens (including phenoxy) is 1. The van der Waals surface area contributed by atoms with Gasteiger partial charge >= 0.3 is 0 Å². The Labute approximate surface area is 161 Å². The zero-order valence-electron chi connectivity index (χ0n) is 14.4. The predicted octanol–water partition coefficient (Wildman–Crippen LogP) is 1.39. The van der Waals surface area contributed by atoms with Crippen molar-refractivity contribution >= 4 is 35.8 Å². The average molecular weight is 446 g/mol. The van der Waals surface area contributed by atoms with Crippen LogP contribution in [0.4, 0.5) is 0 Å². The van der Waals surface area contributed by atoms with Crippen LogP contribution in [0.3, 0.4) is 0 Å². The monoisotopic (exact) mass is 446 g/mol. The van der Waals surface area contributed by atoms with Gasteiger partial charge in [0.05, 0.1) is 6.61 Å². The van der Waals surface area contributed by atoms with Crippen LogP contribution in [0.1, 0.15) is 18.1 Å². The zero-order chi connectivity index (χ0) is 16.5. The van der Waals surface area contributed by atoms with E-state index in [4.69, 9.17) is 4.74 Å². The van der Waals surface area contributed by atoms with Gasteiger partial charge in [-0.05, 0) is 24.5 Å². The number of guanidine groups is 1. The highest BCUT2D eigenvalue weighted by Gasteiger charge is 2.18. The molecule has 0 spiro atoms. The minimum atomic E-state index is -0.0881. The van der Waals surface area contributed by atoms with E-state index >= 15 is 0 Å². The topological polar surface area (TPSA) is 66.0 Å². The molecule has 2 rings (SSSR count). The lowest BCUT2D eigenvalue weighted by Gasteiger charge is -2.31. The summed E-state index contributed by atoms with van der Waals surface area (Å²) in [4.78, 5) is 18.5. The third-order valence-electron chi connectivity index (χ3n) is 3.77. The molecule has 24 heavy (non-hydrogen) atoms. The lowest BCUT2D eigenvalue weighted by Crippen LogP contribution is -2.44. The first-order valence-corrected chi connectivity index (χ1v) is 8.10. The maximum atomic E-state index is 11.8. The highest BCUT2D eigenvalue weighted by atomic mass is 127. The number of rotatable bonds is 6. The quantitative estimate of drug-likeness (QED) is 0.300. The third kappa shape index (κ3) is 6.27. The van der Waals surface area contributed by atoms with Gasteiger partial charge in [-0.2, -0.15) is 0 Å². The van der Waals surface area contributed by atoms with Gasteiger partial charge in [-0.25, -0.2) is 4.99 Å². The van der Waals surface area contributed by atoms with E-state index in [-0.39, 0.29) is 36.4 Å². The summed E-state index contributed by atoms with van der Waals surface area (Å²) in [6.45, 7) is 5.71. The number of benzene rings is 1. The van der Waals surface area contributed by atoms with Gasteiger partial charge in [0.2, 0.25) is 5.91 Å². The van der Waals surface area contributed by atoms with Crippen LogP contribution in [0.25, 0.3) is 0 Å². The number of nitrogens with one attached hydrogen (secondary N) is 2. The van der Waals surface area contributed by atoms with Gasteiger partial charge < -0.3 is 20.3 Å². The fourth-order valence-corrected chi connectivity index (χ4v) is 2.60. The number of amides is 1. The van der Waals surface area contributed by atoms with Gasteiger partial charge in [-0.3, -0.25) is 4.79 Å². The summed E-state index contributed by atoms with van der Waals surface area (Å²) in [6, 6.07) is 8.48. The minimum absolute atomic E-state index is 0. The molecule has 1 aromatic carbocycles. The second-order valence-electron chi connectivity index (χ2n) is 5.45. The van der Waals surface area contributed by atoms with E-state index in [1.165, 1.54) is 11.1 Å². The van der Waals surface area contributed by atoms with Crippen molar-refractivity contribution in [2.75, 3.05) is 39.9 Å². The van der Waals surface area contributed by atoms with Gasteiger partial charge in [-0.15, -0.1) is 24.0 Å². The molecule has 0 atom stereocenters. The number of hydrogen-bond donors (Lipinski definition) is 2. The molecule has 0 bridgehead atoms. The first-order valence-electron chi connectivity index (χ1n) is 8.10. The number of fused-ring (bicyclic) bond motifs is 1. The molecule has 134 valence electrons. The highest BCUT2D eigenvalue weighted by molar-refractivity contribution is 14.0. The summed E-state index contributed by atoms with van der Waals surface area (Å²) in [5.74, 6) is 0.707. The maximum Gasteiger partial charge on any atom is 0.241 e. The Morgan fingerprint density at radius 2 is 2.04 bits per heavy atom. The van der Waals surface area contributed by atoms with Crippen LogP contribution in [0, 0.1) is 0 Å². The van der Waals surface area contributed by atoms with Gasteiger partial charge in [0, 0.05) is 33.3 Å². The lowest BCUT2D eigenvalue weighted by atomic mass is 10.0. The Bertz CT molecular complexity index is 551. The number of aliphatic imine (C=N–C) groups is 1. The molecular weight excluding hydrogens is 419 g/mol. The smallest absolute Gasteiger partial charge is 0.241 e. The van der Waals surface area contributed by atoms with Crippen LogP contribution >= 0.6 is 24.0 Å². The Morgan fingerprint density at radius 1 is 1.29 bits per heavy atom. The summed E-state index contributed by atoms with van der Waals surface area (Å²) in [6.07, 6.45) is 1.00. The summed E-state index contributed by atoms with van der Waals surface area (Å²) in [7, 11) is 1.61. The number of hydrogen-bond acceptors (Lipinski definition) is 3. The van der Waals surface area contributed by atoms with Crippen molar-refractivity contribution in [2.45, 2.75) is 19.9 Å². The van der Waals surface area contributed by atoms with E-state index in [9.17, 15) is 4.79 Å². The Morgan fingerprint density at radius 3 is 2.75 bits per heavy atom. The van der Waals surface area contributed by atoms with E-state index in [1.807, 2.05) is 6.92 Å². The van der Waals surface area contributed by atoms with Crippen LogP contribution in [-0.2, 0) is 22.5 Å². The van der Waals surface area contributed by atoms with Gasteiger partial charge in [0.1, 0.15) is 6.54 Å². The molecule has 2 N–H and O–H groups in total. The molecule has 1 aromatic rings. The Hall–Kier alpha value is -1.35. The molecule has 1 aliphatic heterocycles. The Balaban J connectivity index is 0.00000288. The third-order valence-corrected chi connectivity index (χ3v) is 3.77. The number of halogens is 1. The summed E-state index contributed by atoms with van der Waals surface area (Å²) < 4.78 is 4.91. The van der Waals surface area contributed by atoms with Crippen LogP contribution in [0.5, 0.6) is 0 Å². The van der Waals surface area contributed by atoms with Crippen molar-refractivity contribution < 1.29 is 9.53 Å². The standard InChI is InChI=1S/C17H26N4O2.HI/c1-3-18-17(20-12-16(22)19-9-11-23-2)21-10-8-14-6-4-5-7-15(14)13-21;/h4-7H,3,8-13H2,1-2H3,(H,18,20)(H,19,22);1H. The molecule has 6 nitrogen and oxygen atoms in total. The fraction of sp³-hybridized carbons (Fsp3) is 0.529. The predicted molar refractivity (Wildman–Crippen MR) is 107 cm³/mol. The molecule has 1 amide bonds. The highest BCUT2D eigenvalue weighted by Crippen LogP contribution is 2.18. The molecule has 0 aromatic heterocycles. The molecule has 7 heteroatoms. The van der Waals surface area contributed by atoms with Crippen LogP contribution in [-0.4, -0.2) is 56.7 Å². The lowest BCUT2D eigenvalue weighted by molar-refractivity contribution is -0.119. The van der Waals surface area contributed by atoms with E-state index in [0.717, 1.165) is 32.0 Å². The molecule has 1 aliphatic rings. The van der Waals surface area contributed by atoms with Crippen LogP contribution < -0.4 is 10.6 Å². The van der Waals surface area contributed by atoms with Crippen molar-refractivity contribution in [1.29, 1.82) is 0 Å². The first-order chi connectivity index (χ1) is 11.2. The normalized spacial score (nSPS) is 13.8. The maximum absolute atomic E-state index is 11.8. The van der Waals surface area contributed by atoms with E-state index in [2.05, 4.69) is 44.8 Å². The summed E-state index contributed by atoms with van der Waals surface area (Å²) in [5, 5.41) is 6.06. The van der Waals surface area contributed by atoms with E-state index in [1.54, 1.807) is 7.11 Å².